The number of carbonyl (C=O) groups excluding carboxylic acids is 2. The summed E-state index contributed by atoms with van der Waals surface area (Å²) in [6, 6.07) is 14.2. The van der Waals surface area contributed by atoms with Crippen LogP contribution in [0.3, 0.4) is 0 Å². The summed E-state index contributed by atoms with van der Waals surface area (Å²) in [6.07, 6.45) is 3.13. The zero-order chi connectivity index (χ0) is 19.1. The molecule has 1 aromatic carbocycles. The molecule has 2 aromatic heterocycles. The van der Waals surface area contributed by atoms with Gasteiger partial charge in [-0.25, -0.2) is 0 Å². The van der Waals surface area contributed by atoms with E-state index in [4.69, 9.17) is 8.83 Å². The van der Waals surface area contributed by atoms with Crippen molar-refractivity contribution >= 4 is 17.5 Å². The van der Waals surface area contributed by atoms with Crippen LogP contribution in [-0.4, -0.2) is 30.3 Å². The van der Waals surface area contributed by atoms with E-state index in [1.807, 2.05) is 12.1 Å². The number of para-hydroxylation sites is 1. The number of carbonyl (C=O) groups is 2. The Balaban J connectivity index is 1.56. The van der Waals surface area contributed by atoms with E-state index in [1.165, 1.54) is 0 Å². The van der Waals surface area contributed by atoms with Gasteiger partial charge in [-0.2, -0.15) is 0 Å². The molecular formula is C20H21N3O4. The van der Waals surface area contributed by atoms with Crippen LogP contribution in [0, 0.1) is 0 Å². The second-order valence-corrected chi connectivity index (χ2v) is 5.99. The number of hydrogen-bond donors (Lipinski definition) is 2. The molecule has 2 amide bonds. The van der Waals surface area contributed by atoms with Crippen LogP contribution >= 0.6 is 0 Å². The summed E-state index contributed by atoms with van der Waals surface area (Å²) >= 11 is 0. The van der Waals surface area contributed by atoms with Crippen molar-refractivity contribution in [3.63, 3.8) is 0 Å². The highest BCUT2D eigenvalue weighted by atomic mass is 16.3. The maximum Gasteiger partial charge on any atom is 0.253 e. The maximum atomic E-state index is 12.5. The van der Waals surface area contributed by atoms with Gasteiger partial charge in [0.25, 0.3) is 5.91 Å². The summed E-state index contributed by atoms with van der Waals surface area (Å²) < 4.78 is 10.5. The predicted molar refractivity (Wildman–Crippen MR) is 100.0 cm³/mol. The number of anilines is 1. The number of hydrogen-bond acceptors (Lipinski definition) is 5. The first kappa shape index (κ1) is 18.3. The minimum atomic E-state index is -0.245. The second kappa shape index (κ2) is 8.75. The third-order valence-electron chi connectivity index (χ3n) is 4.00. The molecule has 0 aliphatic rings. The van der Waals surface area contributed by atoms with E-state index in [1.54, 1.807) is 60.9 Å². The highest BCUT2D eigenvalue weighted by Crippen LogP contribution is 2.15. The normalized spacial score (nSPS) is 10.4. The fourth-order valence-corrected chi connectivity index (χ4v) is 2.54. The number of nitrogens with one attached hydrogen (secondary N) is 2. The molecule has 0 saturated carbocycles. The number of benzene rings is 1. The van der Waals surface area contributed by atoms with Crippen molar-refractivity contribution in [1.82, 2.24) is 10.2 Å². The van der Waals surface area contributed by atoms with E-state index < -0.39 is 0 Å². The molecule has 2 N–H and O–H groups in total. The summed E-state index contributed by atoms with van der Waals surface area (Å²) in [4.78, 5) is 26.3. The van der Waals surface area contributed by atoms with Gasteiger partial charge < -0.3 is 24.4 Å². The highest BCUT2D eigenvalue weighted by molar-refractivity contribution is 6.00. The van der Waals surface area contributed by atoms with Crippen LogP contribution < -0.4 is 10.6 Å². The van der Waals surface area contributed by atoms with Gasteiger partial charge in [0.2, 0.25) is 5.91 Å². The molecule has 0 radical (unpaired) electrons. The minimum Gasteiger partial charge on any atom is -0.467 e. The third kappa shape index (κ3) is 5.01. The van der Waals surface area contributed by atoms with Gasteiger partial charge in [0.05, 0.1) is 37.7 Å². The molecule has 7 nitrogen and oxygen atoms in total. The van der Waals surface area contributed by atoms with Crippen molar-refractivity contribution in [3.05, 3.63) is 78.1 Å². The zero-order valence-corrected chi connectivity index (χ0v) is 15.0. The van der Waals surface area contributed by atoms with E-state index in [0.29, 0.717) is 35.9 Å². The van der Waals surface area contributed by atoms with Crippen LogP contribution in [0.5, 0.6) is 0 Å². The summed E-state index contributed by atoms with van der Waals surface area (Å²) in [6.45, 7) is 0.753. The molecule has 2 heterocycles. The van der Waals surface area contributed by atoms with Crippen LogP contribution in [0.2, 0.25) is 0 Å². The molecule has 140 valence electrons. The molecular weight excluding hydrogens is 346 g/mol. The fourth-order valence-electron chi connectivity index (χ4n) is 2.54. The van der Waals surface area contributed by atoms with Crippen molar-refractivity contribution in [3.8, 4) is 0 Å². The van der Waals surface area contributed by atoms with Gasteiger partial charge in [-0.05, 0) is 36.4 Å². The van der Waals surface area contributed by atoms with Crippen molar-refractivity contribution in [2.45, 2.75) is 13.1 Å². The molecule has 3 aromatic rings. The summed E-state index contributed by atoms with van der Waals surface area (Å²) in [5.41, 5.74) is 1.06. The molecule has 0 bridgehead atoms. The van der Waals surface area contributed by atoms with Gasteiger partial charge >= 0.3 is 0 Å². The molecule has 0 unspecified atom stereocenters. The molecule has 0 atom stereocenters. The quantitative estimate of drug-likeness (QED) is 0.639. The van der Waals surface area contributed by atoms with Crippen molar-refractivity contribution in [2.75, 3.05) is 18.9 Å². The molecule has 0 spiro atoms. The Bertz CT molecular complexity index is 873. The van der Waals surface area contributed by atoms with Crippen molar-refractivity contribution in [2.24, 2.45) is 0 Å². The average molecular weight is 367 g/mol. The van der Waals surface area contributed by atoms with Gasteiger partial charge in [0, 0.05) is 12.7 Å². The van der Waals surface area contributed by atoms with E-state index in [9.17, 15) is 9.59 Å². The largest absolute Gasteiger partial charge is 0.467 e. The van der Waals surface area contributed by atoms with E-state index in [-0.39, 0.29) is 18.4 Å². The van der Waals surface area contributed by atoms with Crippen LogP contribution in [0.15, 0.2) is 69.9 Å². The SMILES string of the molecule is CN(Cc1ccco1)C(=O)CNc1ccccc1C(=O)NCc1ccco1. The molecule has 0 aliphatic heterocycles. The van der Waals surface area contributed by atoms with E-state index in [2.05, 4.69) is 10.6 Å². The Morgan fingerprint density at radius 2 is 1.67 bits per heavy atom. The monoisotopic (exact) mass is 367 g/mol. The molecule has 7 heteroatoms. The van der Waals surface area contributed by atoms with E-state index in [0.717, 1.165) is 0 Å². The van der Waals surface area contributed by atoms with Gasteiger partial charge in [-0.15, -0.1) is 0 Å². The molecule has 0 saturated heterocycles. The number of amides is 2. The van der Waals surface area contributed by atoms with Crippen LogP contribution in [-0.2, 0) is 17.9 Å². The number of nitrogens with zero attached hydrogens (tertiary/aromatic N) is 1. The Morgan fingerprint density at radius 3 is 2.37 bits per heavy atom. The van der Waals surface area contributed by atoms with Gasteiger partial charge in [0.1, 0.15) is 11.5 Å². The lowest BCUT2D eigenvalue weighted by Gasteiger charge is -2.17. The first-order valence-electron chi connectivity index (χ1n) is 8.53. The second-order valence-electron chi connectivity index (χ2n) is 5.99. The average Bonchev–Trinajstić information content (AvgIpc) is 3.38. The Hall–Kier alpha value is -3.48. The van der Waals surface area contributed by atoms with Gasteiger partial charge in [-0.1, -0.05) is 12.1 Å². The standard InChI is InChI=1S/C20H21N3O4/c1-23(14-16-7-5-11-27-16)19(24)13-21-18-9-3-2-8-17(18)20(25)22-12-15-6-4-10-26-15/h2-11,21H,12-14H2,1H3,(H,22,25). The smallest absolute Gasteiger partial charge is 0.253 e. The lowest BCUT2D eigenvalue weighted by molar-refractivity contribution is -0.128. The Kier molecular flexibility index (Phi) is 5.94. The lowest BCUT2D eigenvalue weighted by atomic mass is 10.1. The zero-order valence-electron chi connectivity index (χ0n) is 15.0. The van der Waals surface area contributed by atoms with Crippen LogP contribution in [0.4, 0.5) is 5.69 Å². The summed E-state index contributed by atoms with van der Waals surface area (Å²) in [7, 11) is 1.70. The first-order valence-corrected chi connectivity index (χ1v) is 8.53. The van der Waals surface area contributed by atoms with Crippen molar-refractivity contribution in [1.29, 1.82) is 0 Å². The molecule has 27 heavy (non-hydrogen) atoms. The molecule has 0 aliphatic carbocycles. The highest BCUT2D eigenvalue weighted by Gasteiger charge is 2.14. The third-order valence-corrected chi connectivity index (χ3v) is 4.00. The van der Waals surface area contributed by atoms with Crippen molar-refractivity contribution < 1.29 is 18.4 Å². The predicted octanol–water partition coefficient (Wildman–Crippen LogP) is 2.87. The number of likely N-dealkylation sites (N-methyl/N-ethyl adjacent to an activating group) is 1. The van der Waals surface area contributed by atoms with Crippen LogP contribution in [0.1, 0.15) is 21.9 Å². The molecule has 0 fully saturated rings. The number of furan rings is 2. The minimum absolute atomic E-state index is 0.0691. The summed E-state index contributed by atoms with van der Waals surface area (Å²) in [5, 5.41) is 5.84. The molecule has 3 rings (SSSR count). The summed E-state index contributed by atoms with van der Waals surface area (Å²) in [5.74, 6) is 1.02. The van der Waals surface area contributed by atoms with Gasteiger partial charge in [0.15, 0.2) is 0 Å². The topological polar surface area (TPSA) is 87.7 Å². The Morgan fingerprint density at radius 1 is 0.963 bits per heavy atom. The first-order chi connectivity index (χ1) is 13.1. The van der Waals surface area contributed by atoms with Crippen LogP contribution in [0.25, 0.3) is 0 Å². The lowest BCUT2D eigenvalue weighted by Crippen LogP contribution is -2.32. The Labute approximate surface area is 157 Å². The fraction of sp³-hybridized carbons (Fsp3) is 0.200. The number of rotatable bonds is 8. The van der Waals surface area contributed by atoms with E-state index >= 15 is 0 Å². The maximum absolute atomic E-state index is 12.5. The van der Waals surface area contributed by atoms with Gasteiger partial charge in [-0.3, -0.25) is 9.59 Å².